The molecule has 0 spiro atoms. The van der Waals surface area contributed by atoms with E-state index in [2.05, 4.69) is 0 Å². The van der Waals surface area contributed by atoms with Gasteiger partial charge in [0.15, 0.2) is 5.78 Å². The van der Waals surface area contributed by atoms with Crippen molar-refractivity contribution in [2.75, 3.05) is 6.61 Å². The highest BCUT2D eigenvalue weighted by molar-refractivity contribution is 5.84. The predicted molar refractivity (Wildman–Crippen MR) is 42.2 cm³/mol. The third kappa shape index (κ3) is 2.01. The zero-order valence-electron chi connectivity index (χ0n) is 6.88. The Balaban J connectivity index is 2.39. The molecule has 0 aromatic carbocycles. The van der Waals surface area contributed by atoms with Crippen LogP contribution in [0, 0.1) is 0 Å². The average Bonchev–Trinajstić information content (AvgIpc) is 2.36. The van der Waals surface area contributed by atoms with E-state index in [4.69, 9.17) is 10.5 Å². The van der Waals surface area contributed by atoms with Crippen molar-refractivity contribution in [2.24, 2.45) is 5.73 Å². The van der Waals surface area contributed by atoms with E-state index in [0.717, 1.165) is 12.8 Å². The Bertz CT molecular complexity index is 147. The molecule has 1 aliphatic rings. The number of carbonyl (C=O) groups is 1. The quantitative estimate of drug-likeness (QED) is 0.648. The second-order valence-electron chi connectivity index (χ2n) is 2.96. The lowest BCUT2D eigenvalue weighted by Crippen LogP contribution is -2.36. The van der Waals surface area contributed by atoms with Gasteiger partial charge in [-0.05, 0) is 12.8 Å². The largest absolute Gasteiger partial charge is 0.369 e. The molecule has 0 aromatic heterocycles. The van der Waals surface area contributed by atoms with Crippen molar-refractivity contribution < 1.29 is 9.53 Å². The number of hydrogen-bond donors (Lipinski definition) is 1. The fraction of sp³-hybridized carbons (Fsp3) is 0.875. The molecule has 0 aromatic rings. The van der Waals surface area contributed by atoms with Crippen LogP contribution in [0.5, 0.6) is 0 Å². The number of nitrogens with two attached hydrogens (primary N) is 1. The Hall–Kier alpha value is -0.410. The summed E-state index contributed by atoms with van der Waals surface area (Å²) in [7, 11) is 0. The fourth-order valence-electron chi connectivity index (χ4n) is 1.33. The molecule has 2 N–H and O–H groups in total. The van der Waals surface area contributed by atoms with Gasteiger partial charge in [-0.2, -0.15) is 0 Å². The summed E-state index contributed by atoms with van der Waals surface area (Å²) in [5, 5.41) is 0. The molecule has 0 unspecified atom stereocenters. The topological polar surface area (TPSA) is 52.3 Å². The maximum atomic E-state index is 11.3. The van der Waals surface area contributed by atoms with Crippen LogP contribution < -0.4 is 5.73 Å². The van der Waals surface area contributed by atoms with E-state index < -0.39 is 0 Å². The van der Waals surface area contributed by atoms with Crippen molar-refractivity contribution >= 4 is 5.78 Å². The second kappa shape index (κ2) is 3.83. The van der Waals surface area contributed by atoms with Crippen molar-refractivity contribution in [1.82, 2.24) is 0 Å². The standard InChI is InChI=1S/C8H15NO2/c1-2-3-7(10)8-6(9)4-5-11-8/h6,8H,2-5,9H2,1H3/t6-,8+/m0/s1. The Morgan fingerprint density at radius 2 is 2.45 bits per heavy atom. The van der Waals surface area contributed by atoms with Gasteiger partial charge in [-0.25, -0.2) is 0 Å². The third-order valence-electron chi connectivity index (χ3n) is 1.95. The number of Topliss-reactive ketones (excluding diaryl/α,β-unsaturated/α-hetero) is 1. The smallest absolute Gasteiger partial charge is 0.163 e. The molecule has 11 heavy (non-hydrogen) atoms. The minimum Gasteiger partial charge on any atom is -0.369 e. The van der Waals surface area contributed by atoms with Crippen LogP contribution >= 0.6 is 0 Å². The zero-order chi connectivity index (χ0) is 8.27. The lowest BCUT2D eigenvalue weighted by Gasteiger charge is -2.11. The third-order valence-corrected chi connectivity index (χ3v) is 1.95. The summed E-state index contributed by atoms with van der Waals surface area (Å²) in [5.74, 6) is 0.164. The van der Waals surface area contributed by atoms with Crippen LogP contribution in [0.25, 0.3) is 0 Å². The highest BCUT2D eigenvalue weighted by atomic mass is 16.5. The van der Waals surface area contributed by atoms with Crippen LogP contribution in [0.15, 0.2) is 0 Å². The molecule has 1 aliphatic heterocycles. The summed E-state index contributed by atoms with van der Waals surface area (Å²) in [6, 6.07) is -0.0611. The number of carbonyl (C=O) groups excluding carboxylic acids is 1. The van der Waals surface area contributed by atoms with Crippen molar-refractivity contribution in [3.63, 3.8) is 0 Å². The van der Waals surface area contributed by atoms with E-state index >= 15 is 0 Å². The highest BCUT2D eigenvalue weighted by Crippen LogP contribution is 2.13. The zero-order valence-corrected chi connectivity index (χ0v) is 6.88. The van der Waals surface area contributed by atoms with Gasteiger partial charge in [0.1, 0.15) is 6.10 Å². The molecular formula is C8H15NO2. The van der Waals surface area contributed by atoms with Crippen LogP contribution in [-0.4, -0.2) is 24.5 Å². The minimum absolute atomic E-state index is 0.0611. The van der Waals surface area contributed by atoms with Gasteiger partial charge >= 0.3 is 0 Å². The van der Waals surface area contributed by atoms with Crippen molar-refractivity contribution in [2.45, 2.75) is 38.3 Å². The first-order valence-electron chi connectivity index (χ1n) is 4.15. The summed E-state index contributed by atoms with van der Waals surface area (Å²) in [6.07, 6.45) is 1.99. The van der Waals surface area contributed by atoms with Gasteiger partial charge in [-0.3, -0.25) is 4.79 Å². The van der Waals surface area contributed by atoms with Gasteiger partial charge in [0.05, 0.1) is 0 Å². The molecule has 3 nitrogen and oxygen atoms in total. The van der Waals surface area contributed by atoms with Crippen LogP contribution in [0.1, 0.15) is 26.2 Å². The summed E-state index contributed by atoms with van der Waals surface area (Å²) >= 11 is 0. The van der Waals surface area contributed by atoms with E-state index in [9.17, 15) is 4.79 Å². The summed E-state index contributed by atoms with van der Waals surface area (Å²) in [6.45, 7) is 2.62. The van der Waals surface area contributed by atoms with E-state index in [1.807, 2.05) is 6.92 Å². The van der Waals surface area contributed by atoms with Gasteiger partial charge in [0.2, 0.25) is 0 Å². The molecule has 0 bridgehead atoms. The van der Waals surface area contributed by atoms with Crippen molar-refractivity contribution in [3.8, 4) is 0 Å². The van der Waals surface area contributed by atoms with Gasteiger partial charge in [0, 0.05) is 19.1 Å². The van der Waals surface area contributed by atoms with E-state index in [1.165, 1.54) is 0 Å². The highest BCUT2D eigenvalue weighted by Gasteiger charge is 2.30. The number of ketones is 1. The minimum atomic E-state index is -0.310. The Morgan fingerprint density at radius 3 is 2.91 bits per heavy atom. The van der Waals surface area contributed by atoms with Gasteiger partial charge < -0.3 is 10.5 Å². The molecule has 1 rings (SSSR count). The molecule has 3 heteroatoms. The maximum absolute atomic E-state index is 11.3. The fourth-order valence-corrected chi connectivity index (χ4v) is 1.33. The molecule has 1 heterocycles. The SMILES string of the molecule is CCCC(=O)[C@@H]1OCC[C@@H]1N. The normalized spacial score (nSPS) is 30.7. The van der Waals surface area contributed by atoms with E-state index in [1.54, 1.807) is 0 Å². The molecule has 0 saturated carbocycles. The molecule has 64 valence electrons. The lowest BCUT2D eigenvalue weighted by molar-refractivity contribution is -0.128. The van der Waals surface area contributed by atoms with Crippen LogP contribution in [0.4, 0.5) is 0 Å². The van der Waals surface area contributed by atoms with E-state index in [-0.39, 0.29) is 17.9 Å². The number of ether oxygens (including phenoxy) is 1. The second-order valence-corrected chi connectivity index (χ2v) is 2.96. The van der Waals surface area contributed by atoms with Crippen LogP contribution in [-0.2, 0) is 9.53 Å². The van der Waals surface area contributed by atoms with Crippen molar-refractivity contribution in [1.29, 1.82) is 0 Å². The Labute approximate surface area is 66.9 Å². The predicted octanol–water partition coefficient (Wildman–Crippen LogP) is 0.472. The summed E-state index contributed by atoms with van der Waals surface area (Å²) < 4.78 is 5.20. The molecule has 2 atom stereocenters. The number of rotatable bonds is 3. The summed E-state index contributed by atoms with van der Waals surface area (Å²) in [4.78, 5) is 11.3. The monoisotopic (exact) mass is 157 g/mol. The first-order valence-corrected chi connectivity index (χ1v) is 4.15. The first kappa shape index (κ1) is 8.68. The molecular weight excluding hydrogens is 142 g/mol. The summed E-state index contributed by atoms with van der Waals surface area (Å²) in [5.41, 5.74) is 5.66. The Morgan fingerprint density at radius 1 is 1.73 bits per heavy atom. The van der Waals surface area contributed by atoms with Crippen molar-refractivity contribution in [3.05, 3.63) is 0 Å². The van der Waals surface area contributed by atoms with Crippen LogP contribution in [0.3, 0.4) is 0 Å². The molecule has 0 aliphatic carbocycles. The molecule has 1 fully saturated rings. The Kier molecular flexibility index (Phi) is 3.02. The van der Waals surface area contributed by atoms with Gasteiger partial charge in [0.25, 0.3) is 0 Å². The molecule has 0 amide bonds. The first-order chi connectivity index (χ1) is 5.25. The van der Waals surface area contributed by atoms with E-state index in [0.29, 0.717) is 13.0 Å². The van der Waals surface area contributed by atoms with Crippen LogP contribution in [0.2, 0.25) is 0 Å². The van der Waals surface area contributed by atoms with Gasteiger partial charge in [-0.15, -0.1) is 0 Å². The number of hydrogen-bond acceptors (Lipinski definition) is 3. The molecule has 0 radical (unpaired) electrons. The maximum Gasteiger partial charge on any atom is 0.163 e. The average molecular weight is 157 g/mol. The lowest BCUT2D eigenvalue weighted by atomic mass is 10.0. The van der Waals surface area contributed by atoms with Gasteiger partial charge in [-0.1, -0.05) is 6.92 Å². The molecule has 1 saturated heterocycles.